The SMILES string of the molecule is Nc1onc(-c2ccc(Br)cc2)c1-c1cccnc1. The van der Waals surface area contributed by atoms with Gasteiger partial charge in [0.25, 0.3) is 0 Å². The van der Waals surface area contributed by atoms with Gasteiger partial charge in [-0.05, 0) is 18.2 Å². The number of rotatable bonds is 2. The number of halogens is 1. The van der Waals surface area contributed by atoms with Crippen molar-refractivity contribution in [2.45, 2.75) is 0 Å². The molecule has 2 aromatic heterocycles. The van der Waals surface area contributed by atoms with Gasteiger partial charge in [0.05, 0.1) is 5.56 Å². The van der Waals surface area contributed by atoms with Crippen LogP contribution < -0.4 is 5.73 Å². The van der Waals surface area contributed by atoms with Crippen LogP contribution in [0.25, 0.3) is 22.4 Å². The van der Waals surface area contributed by atoms with Crippen molar-refractivity contribution >= 4 is 21.8 Å². The Bertz CT molecular complexity index is 692. The second-order valence-electron chi connectivity index (χ2n) is 4.02. The van der Waals surface area contributed by atoms with E-state index in [9.17, 15) is 0 Å². The molecule has 0 aliphatic heterocycles. The quantitative estimate of drug-likeness (QED) is 0.782. The second-order valence-corrected chi connectivity index (χ2v) is 4.93. The highest BCUT2D eigenvalue weighted by Crippen LogP contribution is 2.35. The maximum Gasteiger partial charge on any atom is 0.230 e. The van der Waals surface area contributed by atoms with E-state index in [0.717, 1.165) is 26.9 Å². The van der Waals surface area contributed by atoms with Crippen LogP contribution in [0.2, 0.25) is 0 Å². The van der Waals surface area contributed by atoms with Crippen LogP contribution in [0, 0.1) is 0 Å². The van der Waals surface area contributed by atoms with Crippen molar-refractivity contribution in [3.05, 3.63) is 53.3 Å². The molecule has 0 amide bonds. The number of aromatic nitrogens is 2. The number of pyridine rings is 1. The topological polar surface area (TPSA) is 64.9 Å². The molecule has 0 radical (unpaired) electrons. The number of hydrogen-bond donors (Lipinski definition) is 1. The molecule has 2 heterocycles. The van der Waals surface area contributed by atoms with E-state index in [-0.39, 0.29) is 0 Å². The van der Waals surface area contributed by atoms with Crippen LogP contribution in [-0.4, -0.2) is 10.1 Å². The fraction of sp³-hybridized carbons (Fsp3) is 0. The Balaban J connectivity index is 2.16. The van der Waals surface area contributed by atoms with E-state index in [0.29, 0.717) is 5.88 Å². The molecule has 0 saturated carbocycles. The number of hydrogen-bond acceptors (Lipinski definition) is 4. The Morgan fingerprint density at radius 2 is 1.84 bits per heavy atom. The van der Waals surface area contributed by atoms with Crippen LogP contribution >= 0.6 is 15.9 Å². The predicted octanol–water partition coefficient (Wildman–Crippen LogP) is 3.75. The Morgan fingerprint density at radius 3 is 2.53 bits per heavy atom. The molecule has 2 N–H and O–H groups in total. The molecule has 4 nitrogen and oxygen atoms in total. The summed E-state index contributed by atoms with van der Waals surface area (Å²) in [6.45, 7) is 0. The summed E-state index contributed by atoms with van der Waals surface area (Å²) in [5, 5.41) is 4.05. The largest absolute Gasteiger partial charge is 0.367 e. The van der Waals surface area contributed by atoms with Gasteiger partial charge < -0.3 is 10.3 Å². The molecule has 0 atom stereocenters. The van der Waals surface area contributed by atoms with Gasteiger partial charge in [-0.15, -0.1) is 0 Å². The molecule has 0 fully saturated rings. The molecule has 19 heavy (non-hydrogen) atoms. The van der Waals surface area contributed by atoms with Crippen LogP contribution in [0.1, 0.15) is 0 Å². The summed E-state index contributed by atoms with van der Waals surface area (Å²) in [5.41, 5.74) is 9.20. The van der Waals surface area contributed by atoms with E-state index in [4.69, 9.17) is 10.3 Å². The van der Waals surface area contributed by atoms with Crippen LogP contribution in [-0.2, 0) is 0 Å². The summed E-state index contributed by atoms with van der Waals surface area (Å²) in [5.74, 6) is 0.297. The summed E-state index contributed by atoms with van der Waals surface area (Å²) in [6.07, 6.45) is 3.46. The van der Waals surface area contributed by atoms with Crippen molar-refractivity contribution in [1.29, 1.82) is 0 Å². The summed E-state index contributed by atoms with van der Waals surface area (Å²) in [6, 6.07) is 11.6. The fourth-order valence-corrected chi connectivity index (χ4v) is 2.16. The van der Waals surface area contributed by atoms with E-state index in [1.807, 2.05) is 36.4 Å². The fourth-order valence-electron chi connectivity index (χ4n) is 1.90. The second kappa shape index (κ2) is 4.85. The summed E-state index contributed by atoms with van der Waals surface area (Å²) in [7, 11) is 0. The lowest BCUT2D eigenvalue weighted by Gasteiger charge is -2.02. The van der Waals surface area contributed by atoms with Gasteiger partial charge in [-0.1, -0.05) is 39.3 Å². The molecule has 94 valence electrons. The molecule has 0 bridgehead atoms. The zero-order chi connectivity index (χ0) is 13.2. The van der Waals surface area contributed by atoms with E-state index in [1.165, 1.54) is 0 Å². The average Bonchev–Trinajstić information content (AvgIpc) is 2.82. The van der Waals surface area contributed by atoms with E-state index < -0.39 is 0 Å². The number of nitrogens with two attached hydrogens (primary N) is 1. The number of nitrogen functional groups attached to an aromatic ring is 1. The molecule has 0 spiro atoms. The lowest BCUT2D eigenvalue weighted by molar-refractivity contribution is 0.439. The minimum atomic E-state index is 0.297. The number of benzene rings is 1. The number of anilines is 1. The standard InChI is InChI=1S/C14H10BrN3O/c15-11-5-3-9(4-6-11)13-12(14(16)19-18-13)10-2-1-7-17-8-10/h1-8H,16H2. The molecule has 0 aliphatic carbocycles. The molecule has 0 unspecified atom stereocenters. The lowest BCUT2D eigenvalue weighted by atomic mass is 10.0. The van der Waals surface area contributed by atoms with Gasteiger partial charge in [-0.25, -0.2) is 0 Å². The van der Waals surface area contributed by atoms with Crippen LogP contribution in [0.5, 0.6) is 0 Å². The van der Waals surface area contributed by atoms with Gasteiger partial charge in [0, 0.05) is 28.0 Å². The molecule has 3 aromatic rings. The smallest absolute Gasteiger partial charge is 0.230 e. The predicted molar refractivity (Wildman–Crippen MR) is 77.3 cm³/mol. The van der Waals surface area contributed by atoms with Gasteiger partial charge in [-0.3, -0.25) is 4.98 Å². The van der Waals surface area contributed by atoms with Crippen LogP contribution in [0.15, 0.2) is 57.8 Å². The van der Waals surface area contributed by atoms with E-state index in [2.05, 4.69) is 26.1 Å². The molecule has 0 saturated heterocycles. The third-order valence-corrected chi connectivity index (χ3v) is 3.32. The normalized spacial score (nSPS) is 10.6. The highest BCUT2D eigenvalue weighted by Gasteiger charge is 2.17. The molecule has 5 heteroatoms. The number of nitrogens with zero attached hydrogens (tertiary/aromatic N) is 2. The van der Waals surface area contributed by atoms with Gasteiger partial charge in [-0.2, -0.15) is 0 Å². The third-order valence-electron chi connectivity index (χ3n) is 2.79. The van der Waals surface area contributed by atoms with E-state index >= 15 is 0 Å². The molecule has 0 aliphatic rings. The van der Waals surface area contributed by atoms with Gasteiger partial charge in [0.15, 0.2) is 0 Å². The third kappa shape index (κ3) is 2.24. The Kier molecular flexibility index (Phi) is 3.05. The first-order valence-electron chi connectivity index (χ1n) is 5.67. The van der Waals surface area contributed by atoms with Gasteiger partial charge in [0.1, 0.15) is 5.69 Å². The zero-order valence-corrected chi connectivity index (χ0v) is 11.5. The summed E-state index contributed by atoms with van der Waals surface area (Å²) >= 11 is 3.41. The Hall–Kier alpha value is -2.14. The first-order valence-corrected chi connectivity index (χ1v) is 6.46. The van der Waals surface area contributed by atoms with Crippen molar-refractivity contribution in [2.75, 3.05) is 5.73 Å². The monoisotopic (exact) mass is 315 g/mol. The lowest BCUT2D eigenvalue weighted by Crippen LogP contribution is -1.88. The van der Waals surface area contributed by atoms with E-state index in [1.54, 1.807) is 12.4 Å². The maximum absolute atomic E-state index is 5.87. The summed E-state index contributed by atoms with van der Waals surface area (Å²) in [4.78, 5) is 4.10. The molecule has 1 aromatic carbocycles. The van der Waals surface area contributed by atoms with Gasteiger partial charge in [0.2, 0.25) is 5.88 Å². The first-order chi connectivity index (χ1) is 9.25. The molecular weight excluding hydrogens is 306 g/mol. The van der Waals surface area contributed by atoms with Crippen LogP contribution in [0.3, 0.4) is 0 Å². The van der Waals surface area contributed by atoms with Crippen molar-refractivity contribution in [2.24, 2.45) is 0 Å². The molecule has 3 rings (SSSR count). The van der Waals surface area contributed by atoms with Crippen LogP contribution in [0.4, 0.5) is 5.88 Å². The van der Waals surface area contributed by atoms with Crippen molar-refractivity contribution in [1.82, 2.24) is 10.1 Å². The van der Waals surface area contributed by atoms with Crippen molar-refractivity contribution in [3.8, 4) is 22.4 Å². The highest BCUT2D eigenvalue weighted by molar-refractivity contribution is 9.10. The van der Waals surface area contributed by atoms with Gasteiger partial charge >= 0.3 is 0 Å². The minimum Gasteiger partial charge on any atom is -0.367 e. The average molecular weight is 316 g/mol. The Morgan fingerprint density at radius 1 is 1.05 bits per heavy atom. The van der Waals surface area contributed by atoms with Crippen molar-refractivity contribution in [3.63, 3.8) is 0 Å². The zero-order valence-electron chi connectivity index (χ0n) is 9.88. The minimum absolute atomic E-state index is 0.297. The first kappa shape index (κ1) is 11.9. The highest BCUT2D eigenvalue weighted by atomic mass is 79.9. The molecular formula is C14H10BrN3O. The summed E-state index contributed by atoms with van der Waals surface area (Å²) < 4.78 is 6.13. The maximum atomic E-state index is 5.87. The Labute approximate surface area is 118 Å². The van der Waals surface area contributed by atoms with Crippen molar-refractivity contribution < 1.29 is 4.52 Å².